The van der Waals surface area contributed by atoms with Crippen molar-refractivity contribution in [2.24, 2.45) is 33.0 Å². The molecule has 7 aliphatic rings. The van der Waals surface area contributed by atoms with Crippen LogP contribution < -0.4 is 20.7 Å². The second-order valence-corrected chi connectivity index (χ2v) is 26.3. The van der Waals surface area contributed by atoms with Crippen LogP contribution in [0.25, 0.3) is 0 Å². The third kappa shape index (κ3) is 9.81. The van der Waals surface area contributed by atoms with Crippen molar-refractivity contribution in [2.45, 2.75) is 201 Å². The first kappa shape index (κ1) is 52.5. The van der Waals surface area contributed by atoms with Gasteiger partial charge in [0, 0.05) is 36.5 Å². The number of likely N-dealkylation sites (tertiary alicyclic amines) is 2. The van der Waals surface area contributed by atoms with Crippen LogP contribution in [-0.4, -0.2) is 133 Å². The number of carbonyl (C=O) groups is 5. The van der Waals surface area contributed by atoms with Gasteiger partial charge in [-0.1, -0.05) is 80.6 Å². The first-order chi connectivity index (χ1) is 30.5. The monoisotopic (exact) mass is 968 g/mol. The van der Waals surface area contributed by atoms with Crippen LogP contribution in [0.15, 0.2) is 0 Å². The molecule has 3 aliphatic heterocycles. The maximum absolute atomic E-state index is 15.4. The van der Waals surface area contributed by atoms with Crippen LogP contribution in [-0.2, 0) is 44.3 Å². The summed E-state index contributed by atoms with van der Waals surface area (Å²) in [6.45, 7) is 20.1. The summed E-state index contributed by atoms with van der Waals surface area (Å²) < 4.78 is 56.1. The molecular formula is C47H81N7O10S2. The number of rotatable bonds is 13. The van der Waals surface area contributed by atoms with Gasteiger partial charge in [0.15, 0.2) is 0 Å². The van der Waals surface area contributed by atoms with E-state index in [1.165, 1.54) is 4.31 Å². The molecule has 0 aromatic carbocycles. The standard InChI is InChI=1S/C46H77N7O7S.CH4O3S/c1-10-43(9)28-46(43,40(58)50-61(59,60)51-24-16-17-25-51)49-37(55)33-27-45(42(7,8)44(45)22-18-23-44)29-53(33)39(57)35(41(4,5)6)48-38(56)34(31-19-12-11-13-20-31)47-36(54)32-21-14-15-26-52(32)30(2)3;1-5(2,3)4/h30-35H,10-29H2,1-9H3,(H,47,54)(H,48,56)(H,49,55)(H,50,58);1H3,(H,2,3,4)/t32-,33-,34-,35+,43+,45+,46-;/m0./s1. The minimum atomic E-state index is -4.10. The predicted octanol–water partition coefficient (Wildman–Crippen LogP) is 4.28. The molecule has 0 unspecified atom stereocenters. The van der Waals surface area contributed by atoms with Crippen LogP contribution in [0.4, 0.5) is 0 Å². The molecule has 3 saturated heterocycles. The van der Waals surface area contributed by atoms with Crippen LogP contribution in [0, 0.1) is 33.0 Å². The Bertz CT molecular complexity index is 2090. The molecule has 0 aromatic rings. The zero-order valence-corrected chi connectivity index (χ0v) is 43.0. The number of piperidine rings is 1. The number of carbonyl (C=O) groups excluding carboxylic acids is 5. The third-order valence-electron chi connectivity index (χ3n) is 17.7. The minimum absolute atomic E-state index is 0.0102. The SMILES string of the molecule is CC[C@]1(C)C[C@]1(NC(=O)[C@@H]1C[C@@]2(CN1C(=O)[C@@H](NC(=O)[C@@H](NC(=O)[C@@H]1CCCCN1C(C)C)C1CCCCC1)C(C)(C)C)C(C)(C)C21CCC1)C(=O)NS(=O)(=O)N1CCCC1.CS(=O)(=O)O. The second kappa shape index (κ2) is 18.8. The molecule has 4 aliphatic carbocycles. The Morgan fingerprint density at radius 1 is 0.773 bits per heavy atom. The Hall–Kier alpha value is -2.87. The van der Waals surface area contributed by atoms with E-state index >= 15 is 4.79 Å². The molecule has 4 saturated carbocycles. The van der Waals surface area contributed by atoms with Crippen LogP contribution in [0.2, 0.25) is 0 Å². The molecule has 17 nitrogen and oxygen atoms in total. The van der Waals surface area contributed by atoms with Crippen molar-refractivity contribution in [3.63, 3.8) is 0 Å². The molecule has 3 heterocycles. The van der Waals surface area contributed by atoms with E-state index in [2.05, 4.69) is 53.3 Å². The molecule has 19 heteroatoms. The Morgan fingerprint density at radius 2 is 1.35 bits per heavy atom. The van der Waals surface area contributed by atoms with E-state index in [0.29, 0.717) is 38.7 Å². The molecule has 376 valence electrons. The minimum Gasteiger partial charge on any atom is -0.343 e. The smallest absolute Gasteiger partial charge is 0.303 e. The summed E-state index contributed by atoms with van der Waals surface area (Å²) in [5, 5.41) is 9.48. The highest BCUT2D eigenvalue weighted by molar-refractivity contribution is 7.87. The van der Waals surface area contributed by atoms with E-state index in [0.717, 1.165) is 90.0 Å². The highest BCUT2D eigenvalue weighted by Gasteiger charge is 2.85. The molecule has 7 fully saturated rings. The van der Waals surface area contributed by atoms with Crippen molar-refractivity contribution in [3.8, 4) is 0 Å². The quantitative estimate of drug-likeness (QED) is 0.164. The number of amides is 5. The maximum Gasteiger partial charge on any atom is 0.303 e. The Kier molecular flexibility index (Phi) is 15.0. The summed E-state index contributed by atoms with van der Waals surface area (Å²) in [5.74, 6) is -2.14. The average Bonchev–Trinajstić information content (AvgIpc) is 3.60. The highest BCUT2D eigenvalue weighted by Crippen LogP contribution is 2.88. The molecule has 0 aromatic heterocycles. The number of hydrogen-bond donors (Lipinski definition) is 5. The van der Waals surface area contributed by atoms with E-state index in [1.54, 1.807) is 4.90 Å². The first-order valence-electron chi connectivity index (χ1n) is 24.8. The van der Waals surface area contributed by atoms with Crippen LogP contribution in [0.5, 0.6) is 0 Å². The maximum atomic E-state index is 15.4. The Labute approximate surface area is 394 Å². The fourth-order valence-electron chi connectivity index (χ4n) is 13.1. The van der Waals surface area contributed by atoms with Gasteiger partial charge in [0.1, 0.15) is 23.7 Å². The summed E-state index contributed by atoms with van der Waals surface area (Å²) in [6.07, 6.45) is 13.9. The lowest BCUT2D eigenvalue weighted by molar-refractivity contribution is -0.145. The lowest BCUT2D eigenvalue weighted by Gasteiger charge is -2.40. The van der Waals surface area contributed by atoms with Gasteiger partial charge in [-0.05, 0) is 113 Å². The first-order valence-corrected chi connectivity index (χ1v) is 28.0. The van der Waals surface area contributed by atoms with Crippen molar-refractivity contribution < 1.29 is 45.4 Å². The van der Waals surface area contributed by atoms with Gasteiger partial charge in [0.2, 0.25) is 23.6 Å². The third-order valence-corrected chi connectivity index (χ3v) is 19.2. The van der Waals surface area contributed by atoms with Crippen LogP contribution in [0.3, 0.4) is 0 Å². The van der Waals surface area contributed by atoms with Gasteiger partial charge in [-0.2, -0.15) is 21.1 Å². The summed E-state index contributed by atoms with van der Waals surface area (Å²) in [5.41, 5.74) is -3.38. The molecule has 66 heavy (non-hydrogen) atoms. The number of nitrogens with zero attached hydrogens (tertiary/aromatic N) is 3. The van der Waals surface area contributed by atoms with E-state index in [1.807, 2.05) is 34.6 Å². The predicted molar refractivity (Wildman–Crippen MR) is 251 cm³/mol. The number of nitrogens with one attached hydrogen (secondary N) is 4. The Morgan fingerprint density at radius 3 is 1.85 bits per heavy atom. The van der Waals surface area contributed by atoms with Crippen molar-refractivity contribution in [2.75, 3.05) is 32.4 Å². The number of hydrogen-bond acceptors (Lipinski definition) is 10. The van der Waals surface area contributed by atoms with E-state index in [4.69, 9.17) is 4.55 Å². The molecule has 2 spiro atoms. The van der Waals surface area contributed by atoms with Gasteiger partial charge in [-0.3, -0.25) is 33.4 Å². The zero-order valence-electron chi connectivity index (χ0n) is 41.4. The van der Waals surface area contributed by atoms with Gasteiger partial charge < -0.3 is 20.9 Å². The topological polar surface area (TPSA) is 232 Å². The number of fused-ring (bicyclic) bond motifs is 1. The summed E-state index contributed by atoms with van der Waals surface area (Å²) in [7, 11) is -7.77. The van der Waals surface area contributed by atoms with Crippen LogP contribution >= 0.6 is 0 Å². The zero-order chi connectivity index (χ0) is 49.1. The molecule has 7 atom stereocenters. The summed E-state index contributed by atoms with van der Waals surface area (Å²) in [4.78, 5) is 77.3. The molecule has 0 bridgehead atoms. The van der Waals surface area contributed by atoms with Gasteiger partial charge in [0.25, 0.3) is 16.0 Å². The molecule has 5 amide bonds. The van der Waals surface area contributed by atoms with Crippen molar-refractivity contribution in [1.29, 1.82) is 0 Å². The fourth-order valence-corrected chi connectivity index (χ4v) is 14.4. The van der Waals surface area contributed by atoms with E-state index < -0.39 is 66.6 Å². The van der Waals surface area contributed by atoms with E-state index in [9.17, 15) is 36.0 Å². The van der Waals surface area contributed by atoms with Gasteiger partial charge in [-0.15, -0.1) is 0 Å². The van der Waals surface area contributed by atoms with E-state index in [-0.39, 0.29) is 58.4 Å². The van der Waals surface area contributed by atoms with Crippen molar-refractivity contribution in [3.05, 3.63) is 0 Å². The Balaban J connectivity index is 0.00000137. The summed E-state index contributed by atoms with van der Waals surface area (Å²) in [6, 6.07) is -2.88. The summed E-state index contributed by atoms with van der Waals surface area (Å²) >= 11 is 0. The second-order valence-electron chi connectivity index (χ2n) is 23.1. The normalized spacial score (nSPS) is 31.8. The molecule has 5 N–H and O–H groups in total. The van der Waals surface area contributed by atoms with Gasteiger partial charge in [0.05, 0.1) is 12.3 Å². The van der Waals surface area contributed by atoms with Gasteiger partial charge in [-0.25, -0.2) is 4.72 Å². The van der Waals surface area contributed by atoms with Crippen molar-refractivity contribution in [1.82, 2.24) is 34.8 Å². The lowest BCUT2D eigenvalue weighted by Crippen LogP contribution is -2.63. The van der Waals surface area contributed by atoms with Gasteiger partial charge >= 0.3 is 10.2 Å². The van der Waals surface area contributed by atoms with Crippen LogP contribution in [0.1, 0.15) is 165 Å². The average molecular weight is 968 g/mol. The largest absolute Gasteiger partial charge is 0.343 e. The molecule has 0 radical (unpaired) electrons. The highest BCUT2D eigenvalue weighted by atomic mass is 32.2. The molecule has 7 rings (SSSR count). The molecular weight excluding hydrogens is 887 g/mol. The fraction of sp³-hybridized carbons (Fsp3) is 0.894. The lowest BCUT2D eigenvalue weighted by atomic mass is 9.73. The van der Waals surface area contributed by atoms with Crippen molar-refractivity contribution >= 4 is 49.9 Å².